The first-order valence-corrected chi connectivity index (χ1v) is 31.2. The fraction of sp³-hybridized carbons (Fsp3) is 0.701. The third kappa shape index (κ3) is 44.0. The minimum absolute atomic E-state index is 0.0353. The average molecular weight is 1110 g/mol. The molecule has 0 radical (unpaired) electrons. The second-order valence-corrected chi connectivity index (χ2v) is 20.9. The van der Waals surface area contributed by atoms with Crippen LogP contribution in [0.1, 0.15) is 252 Å². The van der Waals surface area contributed by atoms with E-state index in [1.165, 1.54) is 77.0 Å². The van der Waals surface area contributed by atoms with Crippen LogP contribution in [0.5, 0.6) is 0 Å². The van der Waals surface area contributed by atoms with Gasteiger partial charge in [-0.05, 0) is 122 Å². The minimum Gasteiger partial charge on any atom is -0.479 e. The lowest BCUT2D eigenvalue weighted by Crippen LogP contribution is -2.61. The van der Waals surface area contributed by atoms with Crippen molar-refractivity contribution in [2.24, 2.45) is 0 Å². The van der Waals surface area contributed by atoms with Gasteiger partial charge >= 0.3 is 23.9 Å². The molecule has 6 atom stereocenters. The van der Waals surface area contributed by atoms with E-state index in [0.717, 1.165) is 116 Å². The van der Waals surface area contributed by atoms with Gasteiger partial charge in [-0.1, -0.05) is 208 Å². The van der Waals surface area contributed by atoms with Crippen LogP contribution in [0.15, 0.2) is 97.2 Å². The number of carbonyl (C=O) groups is 4. The van der Waals surface area contributed by atoms with Crippen LogP contribution in [-0.4, -0.2) is 89.2 Å². The Kier molecular flexibility index (Phi) is 49.9. The molecule has 1 aliphatic heterocycles. The van der Waals surface area contributed by atoms with E-state index in [1.807, 2.05) is 0 Å². The molecule has 0 amide bonds. The number of ether oxygens (including phenoxy) is 5. The van der Waals surface area contributed by atoms with Gasteiger partial charge in [0.2, 0.25) is 0 Å². The van der Waals surface area contributed by atoms with Gasteiger partial charge in [0.1, 0.15) is 18.8 Å². The standard InChI is InChI=1S/C67H110O12/c1-4-7-10-13-16-19-22-25-28-29-30-31-34-35-38-41-44-47-50-53-59(68)75-56-58(77-60(69)54-51-48-45-42-39-36-32-26-23-20-17-14-11-8-5-2)57-76-67-65(63(72)62(71)64(79-67)66(73)74)78-61(70)55-52-49-46-43-40-37-33-27-24-21-18-15-12-9-6-3/h8,11,16-21,25-28,32-33,39,42,58,62-65,67,71-72H,4-7,9-10,12-15,22-24,29-31,34-38,40-41,43-57H2,1-3H3,(H,73,74)/b11-8-,19-16-,20-17-,21-18-,28-25-,32-26-,33-27-,42-39-. The van der Waals surface area contributed by atoms with Crippen LogP contribution in [0.2, 0.25) is 0 Å². The van der Waals surface area contributed by atoms with Gasteiger partial charge in [-0.25, -0.2) is 4.79 Å². The van der Waals surface area contributed by atoms with E-state index in [-0.39, 0.29) is 25.9 Å². The lowest BCUT2D eigenvalue weighted by Gasteiger charge is -2.40. The molecule has 12 nitrogen and oxygen atoms in total. The minimum atomic E-state index is -1.92. The van der Waals surface area contributed by atoms with Crippen molar-refractivity contribution in [3.8, 4) is 0 Å². The Bertz CT molecular complexity index is 1740. The largest absolute Gasteiger partial charge is 0.479 e. The van der Waals surface area contributed by atoms with Crippen molar-refractivity contribution < 1.29 is 58.2 Å². The van der Waals surface area contributed by atoms with Crippen molar-refractivity contribution in [2.75, 3.05) is 13.2 Å². The molecule has 1 saturated heterocycles. The topological polar surface area (TPSA) is 175 Å². The number of esters is 3. The predicted molar refractivity (Wildman–Crippen MR) is 321 cm³/mol. The van der Waals surface area contributed by atoms with Crippen molar-refractivity contribution in [3.05, 3.63) is 97.2 Å². The molecule has 1 fully saturated rings. The number of hydrogen-bond donors (Lipinski definition) is 3. The second-order valence-electron chi connectivity index (χ2n) is 20.9. The molecule has 0 bridgehead atoms. The molecule has 0 saturated carbocycles. The summed E-state index contributed by atoms with van der Waals surface area (Å²) in [4.78, 5) is 51.2. The van der Waals surface area contributed by atoms with Crippen LogP contribution in [0.3, 0.4) is 0 Å². The maximum Gasteiger partial charge on any atom is 0.335 e. The van der Waals surface area contributed by atoms with E-state index in [2.05, 4.69) is 118 Å². The predicted octanol–water partition coefficient (Wildman–Crippen LogP) is 16.5. The highest BCUT2D eigenvalue weighted by molar-refractivity contribution is 5.74. The summed E-state index contributed by atoms with van der Waals surface area (Å²) in [6, 6.07) is 0. The molecule has 3 N–H and O–H groups in total. The summed E-state index contributed by atoms with van der Waals surface area (Å²) in [5.74, 6) is -3.20. The summed E-state index contributed by atoms with van der Waals surface area (Å²) in [5.41, 5.74) is 0. The van der Waals surface area contributed by atoms with E-state index in [1.54, 1.807) is 0 Å². The number of allylic oxidation sites excluding steroid dienone is 16. The van der Waals surface area contributed by atoms with Crippen LogP contribution in [-0.2, 0) is 42.9 Å². The van der Waals surface area contributed by atoms with Crippen LogP contribution in [0.4, 0.5) is 0 Å². The first-order chi connectivity index (χ1) is 38.6. The molecule has 0 aromatic carbocycles. The average Bonchev–Trinajstić information content (AvgIpc) is 3.46. The number of aliphatic hydroxyl groups is 2. The van der Waals surface area contributed by atoms with E-state index in [0.29, 0.717) is 19.3 Å². The third-order valence-corrected chi connectivity index (χ3v) is 13.6. The molecule has 450 valence electrons. The maximum atomic E-state index is 13.2. The van der Waals surface area contributed by atoms with Gasteiger partial charge in [0, 0.05) is 19.3 Å². The van der Waals surface area contributed by atoms with Gasteiger partial charge in [-0.15, -0.1) is 0 Å². The molecule has 0 aromatic heterocycles. The maximum absolute atomic E-state index is 13.2. The van der Waals surface area contributed by atoms with Crippen molar-refractivity contribution in [2.45, 2.75) is 289 Å². The molecule has 0 aromatic rings. The number of rotatable bonds is 52. The monoisotopic (exact) mass is 1110 g/mol. The molecular formula is C67H110O12. The summed E-state index contributed by atoms with van der Waals surface area (Å²) >= 11 is 0. The van der Waals surface area contributed by atoms with E-state index in [4.69, 9.17) is 23.7 Å². The molecule has 0 aliphatic carbocycles. The van der Waals surface area contributed by atoms with Crippen molar-refractivity contribution in [3.63, 3.8) is 0 Å². The summed E-state index contributed by atoms with van der Waals surface area (Å²) in [6.07, 6.45) is 59.4. The van der Waals surface area contributed by atoms with Gasteiger partial charge < -0.3 is 39.0 Å². The Morgan fingerprint density at radius 2 is 0.797 bits per heavy atom. The number of carbonyl (C=O) groups excluding carboxylic acids is 3. The second kappa shape index (κ2) is 54.2. The van der Waals surface area contributed by atoms with Gasteiger partial charge in [0.25, 0.3) is 0 Å². The zero-order chi connectivity index (χ0) is 57.5. The lowest BCUT2D eigenvalue weighted by atomic mass is 9.98. The first kappa shape index (κ1) is 72.7. The SMILES string of the molecule is CC/C=C\C/C=C\C/C=C\C/C=C\CCCCC(=O)OC(COC(=O)CCCCCCCCCCC/C=C\C/C=C\CCCCC)COC1OC(C(=O)O)C(O)C(O)C1OC(=O)CCCCCCC/C=C\C/C=C\CCCCC. The van der Waals surface area contributed by atoms with Gasteiger partial charge in [0.15, 0.2) is 24.6 Å². The summed E-state index contributed by atoms with van der Waals surface area (Å²) < 4.78 is 28.4. The Morgan fingerprint density at radius 3 is 1.24 bits per heavy atom. The number of carboxylic acids is 1. The normalized spacial score (nSPS) is 18.5. The number of unbranched alkanes of at least 4 members (excludes halogenated alkanes) is 22. The number of aliphatic hydroxyl groups excluding tert-OH is 2. The van der Waals surface area contributed by atoms with Crippen LogP contribution in [0, 0.1) is 0 Å². The van der Waals surface area contributed by atoms with Crippen molar-refractivity contribution >= 4 is 23.9 Å². The fourth-order valence-corrected chi connectivity index (χ4v) is 8.83. The van der Waals surface area contributed by atoms with E-state index >= 15 is 0 Å². The Hall–Kier alpha value is -4.36. The highest BCUT2D eigenvalue weighted by atomic mass is 16.7. The fourth-order valence-electron chi connectivity index (χ4n) is 8.83. The third-order valence-electron chi connectivity index (χ3n) is 13.6. The molecule has 6 unspecified atom stereocenters. The lowest BCUT2D eigenvalue weighted by molar-refractivity contribution is -0.301. The quantitative estimate of drug-likeness (QED) is 0.0228. The Balaban J connectivity index is 2.70. The van der Waals surface area contributed by atoms with Gasteiger partial charge in [0.05, 0.1) is 6.61 Å². The molecular weight excluding hydrogens is 997 g/mol. The Labute approximate surface area is 479 Å². The van der Waals surface area contributed by atoms with Crippen LogP contribution in [0.25, 0.3) is 0 Å². The molecule has 1 aliphatic rings. The van der Waals surface area contributed by atoms with Crippen LogP contribution >= 0.6 is 0 Å². The van der Waals surface area contributed by atoms with E-state index in [9.17, 15) is 34.5 Å². The number of carboxylic acid groups (broad SMARTS) is 1. The smallest absolute Gasteiger partial charge is 0.335 e. The van der Waals surface area contributed by atoms with Crippen molar-refractivity contribution in [1.29, 1.82) is 0 Å². The number of aliphatic carboxylic acids is 1. The highest BCUT2D eigenvalue weighted by Crippen LogP contribution is 2.26. The van der Waals surface area contributed by atoms with Crippen LogP contribution < -0.4 is 0 Å². The van der Waals surface area contributed by atoms with Crippen molar-refractivity contribution in [1.82, 2.24) is 0 Å². The number of hydrogen-bond acceptors (Lipinski definition) is 11. The van der Waals surface area contributed by atoms with E-state index < -0.39 is 67.3 Å². The first-order valence-electron chi connectivity index (χ1n) is 31.2. The molecule has 12 heteroatoms. The Morgan fingerprint density at radius 1 is 0.430 bits per heavy atom. The zero-order valence-corrected chi connectivity index (χ0v) is 49.6. The molecule has 79 heavy (non-hydrogen) atoms. The summed E-state index contributed by atoms with van der Waals surface area (Å²) in [5, 5.41) is 31.5. The van der Waals surface area contributed by atoms with Gasteiger partial charge in [-0.3, -0.25) is 14.4 Å². The summed E-state index contributed by atoms with van der Waals surface area (Å²) in [7, 11) is 0. The zero-order valence-electron chi connectivity index (χ0n) is 49.6. The summed E-state index contributed by atoms with van der Waals surface area (Å²) in [6.45, 7) is 5.79. The molecule has 1 heterocycles. The molecule has 0 spiro atoms. The molecule has 1 rings (SSSR count). The van der Waals surface area contributed by atoms with Gasteiger partial charge in [-0.2, -0.15) is 0 Å². The highest BCUT2D eigenvalue weighted by Gasteiger charge is 2.50.